The third-order valence-electron chi connectivity index (χ3n) is 1.33. The molecule has 0 spiro atoms. The van der Waals surface area contributed by atoms with Crippen molar-refractivity contribution in [3.05, 3.63) is 0 Å². The van der Waals surface area contributed by atoms with Crippen LogP contribution in [0.1, 0.15) is 20.8 Å². The number of hydrogen-bond donors (Lipinski definition) is 1. The van der Waals surface area contributed by atoms with Gasteiger partial charge in [0, 0.05) is 13.2 Å². The molecule has 0 atom stereocenters. The topological polar surface area (TPSA) is 29.3 Å². The lowest BCUT2D eigenvalue weighted by Gasteiger charge is -2.19. The fourth-order valence-electron chi connectivity index (χ4n) is 0.849. The summed E-state index contributed by atoms with van der Waals surface area (Å²) in [6, 6.07) is 0. The summed E-state index contributed by atoms with van der Waals surface area (Å²) in [6.07, 6.45) is 0. The SMILES string of the molecule is CCN(CN)CC(C)C. The Kier molecular flexibility index (Phi) is 4.72. The van der Waals surface area contributed by atoms with Crippen LogP contribution >= 0.6 is 0 Å². The Hall–Kier alpha value is -0.0800. The smallest absolute Gasteiger partial charge is 0.0455 e. The van der Waals surface area contributed by atoms with Crippen LogP contribution in [-0.2, 0) is 0 Å². The molecule has 2 heteroatoms. The lowest BCUT2D eigenvalue weighted by molar-refractivity contribution is 0.263. The summed E-state index contributed by atoms with van der Waals surface area (Å²) in [6.45, 7) is 9.42. The largest absolute Gasteiger partial charge is 0.318 e. The highest BCUT2D eigenvalue weighted by atomic mass is 15.2. The highest BCUT2D eigenvalue weighted by Crippen LogP contribution is 1.94. The first-order valence-corrected chi connectivity index (χ1v) is 3.63. The summed E-state index contributed by atoms with van der Waals surface area (Å²) in [5, 5.41) is 0. The Morgan fingerprint density at radius 1 is 1.44 bits per heavy atom. The molecule has 0 heterocycles. The van der Waals surface area contributed by atoms with E-state index in [9.17, 15) is 0 Å². The van der Waals surface area contributed by atoms with E-state index in [-0.39, 0.29) is 0 Å². The second kappa shape index (κ2) is 4.77. The average Bonchev–Trinajstić information content (AvgIpc) is 1.82. The Morgan fingerprint density at radius 2 is 2.00 bits per heavy atom. The zero-order chi connectivity index (χ0) is 7.28. The minimum Gasteiger partial charge on any atom is -0.318 e. The molecule has 0 fully saturated rings. The first-order valence-electron chi connectivity index (χ1n) is 3.63. The van der Waals surface area contributed by atoms with E-state index >= 15 is 0 Å². The quantitative estimate of drug-likeness (QED) is 0.572. The van der Waals surface area contributed by atoms with Gasteiger partial charge in [-0.1, -0.05) is 20.8 Å². The highest BCUT2D eigenvalue weighted by Gasteiger charge is 2.00. The van der Waals surface area contributed by atoms with E-state index in [0.29, 0.717) is 6.67 Å². The van der Waals surface area contributed by atoms with Crippen molar-refractivity contribution in [3.63, 3.8) is 0 Å². The van der Waals surface area contributed by atoms with Gasteiger partial charge in [0.05, 0.1) is 0 Å². The molecule has 0 amide bonds. The molecular weight excluding hydrogens is 112 g/mol. The maximum absolute atomic E-state index is 5.46. The number of hydrogen-bond acceptors (Lipinski definition) is 2. The molecule has 9 heavy (non-hydrogen) atoms. The summed E-state index contributed by atoms with van der Waals surface area (Å²) < 4.78 is 0. The molecule has 0 aliphatic rings. The van der Waals surface area contributed by atoms with Crippen molar-refractivity contribution in [1.29, 1.82) is 0 Å². The average molecular weight is 130 g/mol. The predicted octanol–water partition coefficient (Wildman–Crippen LogP) is 0.880. The summed E-state index contributed by atoms with van der Waals surface area (Å²) in [7, 11) is 0. The van der Waals surface area contributed by atoms with Crippen LogP contribution in [0.25, 0.3) is 0 Å². The molecule has 0 aromatic heterocycles. The van der Waals surface area contributed by atoms with Crippen LogP contribution in [0.15, 0.2) is 0 Å². The van der Waals surface area contributed by atoms with E-state index in [0.717, 1.165) is 19.0 Å². The van der Waals surface area contributed by atoms with Crippen LogP contribution in [0.2, 0.25) is 0 Å². The van der Waals surface area contributed by atoms with Gasteiger partial charge in [-0.05, 0) is 12.5 Å². The van der Waals surface area contributed by atoms with Crippen molar-refractivity contribution >= 4 is 0 Å². The minimum absolute atomic E-state index is 0.689. The second-order valence-corrected chi connectivity index (χ2v) is 2.75. The zero-order valence-electron chi connectivity index (χ0n) is 6.72. The van der Waals surface area contributed by atoms with Crippen LogP contribution in [0.3, 0.4) is 0 Å². The van der Waals surface area contributed by atoms with Crippen molar-refractivity contribution in [2.45, 2.75) is 20.8 Å². The second-order valence-electron chi connectivity index (χ2n) is 2.75. The van der Waals surface area contributed by atoms with Gasteiger partial charge in [0.1, 0.15) is 0 Å². The van der Waals surface area contributed by atoms with Gasteiger partial charge in [-0.25, -0.2) is 0 Å². The molecule has 0 bridgehead atoms. The van der Waals surface area contributed by atoms with Gasteiger partial charge in [0.15, 0.2) is 0 Å². The fraction of sp³-hybridized carbons (Fsp3) is 1.00. The van der Waals surface area contributed by atoms with Crippen molar-refractivity contribution in [2.75, 3.05) is 19.8 Å². The van der Waals surface area contributed by atoms with Crippen molar-refractivity contribution in [1.82, 2.24) is 4.90 Å². The number of nitrogens with zero attached hydrogens (tertiary/aromatic N) is 1. The molecule has 2 N–H and O–H groups in total. The van der Waals surface area contributed by atoms with Crippen LogP contribution in [0.4, 0.5) is 0 Å². The van der Waals surface area contributed by atoms with Crippen LogP contribution in [0.5, 0.6) is 0 Å². The van der Waals surface area contributed by atoms with E-state index in [1.807, 2.05) is 0 Å². The van der Waals surface area contributed by atoms with Crippen LogP contribution in [-0.4, -0.2) is 24.7 Å². The highest BCUT2D eigenvalue weighted by molar-refractivity contribution is 4.53. The lowest BCUT2D eigenvalue weighted by atomic mass is 10.2. The summed E-state index contributed by atoms with van der Waals surface area (Å²) in [5.74, 6) is 0.730. The Bertz CT molecular complexity index is 57.9. The maximum atomic E-state index is 5.46. The molecule has 0 aromatic carbocycles. The molecular formula is C7H18N2. The molecule has 0 rings (SSSR count). The van der Waals surface area contributed by atoms with Gasteiger partial charge in [0.2, 0.25) is 0 Å². The first-order chi connectivity index (χ1) is 4.20. The zero-order valence-corrected chi connectivity index (χ0v) is 6.72. The third kappa shape index (κ3) is 4.43. The molecule has 0 saturated carbocycles. The predicted molar refractivity (Wildman–Crippen MR) is 41.1 cm³/mol. The summed E-state index contributed by atoms with van der Waals surface area (Å²) >= 11 is 0. The number of nitrogens with two attached hydrogens (primary N) is 1. The Labute approximate surface area is 58.0 Å². The van der Waals surface area contributed by atoms with Crippen molar-refractivity contribution in [3.8, 4) is 0 Å². The van der Waals surface area contributed by atoms with E-state index in [2.05, 4.69) is 25.7 Å². The maximum Gasteiger partial charge on any atom is 0.0455 e. The summed E-state index contributed by atoms with van der Waals surface area (Å²) in [5.41, 5.74) is 5.46. The van der Waals surface area contributed by atoms with Crippen LogP contribution < -0.4 is 5.73 Å². The standard InChI is InChI=1S/C7H18N2/c1-4-9(6-8)5-7(2)3/h7H,4-6,8H2,1-3H3. The molecule has 0 aromatic rings. The molecule has 0 aliphatic heterocycles. The van der Waals surface area contributed by atoms with E-state index < -0.39 is 0 Å². The lowest BCUT2D eigenvalue weighted by Crippen LogP contribution is -2.32. The fourth-order valence-corrected chi connectivity index (χ4v) is 0.849. The third-order valence-corrected chi connectivity index (χ3v) is 1.33. The van der Waals surface area contributed by atoms with Crippen LogP contribution in [0, 0.1) is 5.92 Å². The molecule has 2 nitrogen and oxygen atoms in total. The number of rotatable bonds is 4. The van der Waals surface area contributed by atoms with Crippen molar-refractivity contribution in [2.24, 2.45) is 11.7 Å². The molecule has 0 aliphatic carbocycles. The Morgan fingerprint density at radius 3 is 2.11 bits per heavy atom. The molecule has 0 unspecified atom stereocenters. The van der Waals surface area contributed by atoms with Gasteiger partial charge in [-0.3, -0.25) is 4.90 Å². The van der Waals surface area contributed by atoms with Gasteiger partial charge in [-0.2, -0.15) is 0 Å². The van der Waals surface area contributed by atoms with Gasteiger partial charge < -0.3 is 5.73 Å². The van der Waals surface area contributed by atoms with E-state index in [1.165, 1.54) is 0 Å². The van der Waals surface area contributed by atoms with Crippen molar-refractivity contribution < 1.29 is 0 Å². The van der Waals surface area contributed by atoms with E-state index in [4.69, 9.17) is 5.73 Å². The van der Waals surface area contributed by atoms with Gasteiger partial charge in [-0.15, -0.1) is 0 Å². The molecule has 56 valence electrons. The van der Waals surface area contributed by atoms with Gasteiger partial charge >= 0.3 is 0 Å². The first kappa shape index (κ1) is 8.92. The molecule has 0 radical (unpaired) electrons. The van der Waals surface area contributed by atoms with E-state index in [1.54, 1.807) is 0 Å². The van der Waals surface area contributed by atoms with Gasteiger partial charge in [0.25, 0.3) is 0 Å². The monoisotopic (exact) mass is 130 g/mol. The minimum atomic E-state index is 0.689. The normalized spacial score (nSPS) is 11.3. The Balaban J connectivity index is 3.31. The molecule has 0 saturated heterocycles. The summed E-state index contributed by atoms with van der Waals surface area (Å²) in [4.78, 5) is 2.23.